The van der Waals surface area contributed by atoms with Crippen molar-refractivity contribution in [3.05, 3.63) is 41.2 Å². The van der Waals surface area contributed by atoms with Crippen LogP contribution in [0.4, 0.5) is 5.69 Å². The highest BCUT2D eigenvalue weighted by atomic mass is 35.5. The number of hydrogen-bond donors (Lipinski definition) is 2. The third kappa shape index (κ3) is 3.41. The number of aromatic hydroxyl groups is 1. The molecule has 1 aromatic carbocycles. The number of benzene rings is 1. The average molecular weight is 280 g/mol. The van der Waals surface area contributed by atoms with Gasteiger partial charge in [-0.05, 0) is 39.0 Å². The van der Waals surface area contributed by atoms with Crippen LogP contribution in [0.15, 0.2) is 30.6 Å². The summed E-state index contributed by atoms with van der Waals surface area (Å²) in [4.78, 5) is 0. The number of phenols is 1. The first-order valence-corrected chi connectivity index (χ1v) is 6.50. The molecule has 0 aliphatic rings. The Hall–Kier alpha value is -1.68. The van der Waals surface area contributed by atoms with Gasteiger partial charge in [-0.25, -0.2) is 0 Å². The molecule has 0 atom stereocenters. The zero-order valence-corrected chi connectivity index (χ0v) is 12.1. The molecule has 5 heteroatoms. The van der Waals surface area contributed by atoms with E-state index in [9.17, 15) is 5.11 Å². The van der Waals surface area contributed by atoms with E-state index in [1.807, 2.05) is 17.1 Å². The van der Waals surface area contributed by atoms with Gasteiger partial charge in [0, 0.05) is 24.0 Å². The second kappa shape index (κ2) is 5.13. The number of anilines is 1. The molecule has 0 bridgehead atoms. The Morgan fingerprint density at radius 1 is 1.37 bits per heavy atom. The fraction of sp³-hybridized carbons (Fsp3) is 0.357. The van der Waals surface area contributed by atoms with Gasteiger partial charge in [-0.15, -0.1) is 0 Å². The summed E-state index contributed by atoms with van der Waals surface area (Å²) in [5.74, 6) is 0.0905. The Morgan fingerprint density at radius 2 is 2.11 bits per heavy atom. The van der Waals surface area contributed by atoms with E-state index >= 15 is 0 Å². The van der Waals surface area contributed by atoms with Crippen LogP contribution in [0.2, 0.25) is 5.02 Å². The van der Waals surface area contributed by atoms with Crippen LogP contribution < -0.4 is 5.32 Å². The van der Waals surface area contributed by atoms with Crippen molar-refractivity contribution in [2.45, 2.75) is 32.9 Å². The van der Waals surface area contributed by atoms with E-state index in [4.69, 9.17) is 11.6 Å². The molecule has 2 aromatic rings. The SMILES string of the molecule is CC(C)(C)n1cc(CNc2ccc(O)c(Cl)c2)cn1. The zero-order chi connectivity index (χ0) is 14.0. The maximum atomic E-state index is 9.35. The molecule has 102 valence electrons. The summed E-state index contributed by atoms with van der Waals surface area (Å²) in [7, 11) is 0. The summed E-state index contributed by atoms with van der Waals surface area (Å²) >= 11 is 5.85. The molecular weight excluding hydrogens is 262 g/mol. The summed E-state index contributed by atoms with van der Waals surface area (Å²) in [6.07, 6.45) is 3.87. The molecule has 2 rings (SSSR count). The zero-order valence-electron chi connectivity index (χ0n) is 11.3. The minimum Gasteiger partial charge on any atom is -0.506 e. The largest absolute Gasteiger partial charge is 0.506 e. The quantitative estimate of drug-likeness (QED) is 0.844. The van der Waals surface area contributed by atoms with Crippen LogP contribution in [-0.4, -0.2) is 14.9 Å². The standard InChI is InChI=1S/C14H18ClN3O/c1-14(2,3)18-9-10(8-17-18)7-16-11-4-5-13(19)12(15)6-11/h4-6,8-9,16,19H,7H2,1-3H3. The van der Waals surface area contributed by atoms with Crippen molar-refractivity contribution >= 4 is 17.3 Å². The Labute approximate surface area is 118 Å². The number of halogens is 1. The molecular formula is C14H18ClN3O. The number of rotatable bonds is 3. The van der Waals surface area contributed by atoms with Crippen LogP contribution >= 0.6 is 11.6 Å². The topological polar surface area (TPSA) is 50.1 Å². The molecule has 0 fully saturated rings. The fourth-order valence-electron chi connectivity index (χ4n) is 1.64. The van der Waals surface area contributed by atoms with E-state index in [1.165, 1.54) is 0 Å². The summed E-state index contributed by atoms with van der Waals surface area (Å²) in [5.41, 5.74) is 1.95. The molecule has 4 nitrogen and oxygen atoms in total. The van der Waals surface area contributed by atoms with Gasteiger partial charge in [0.2, 0.25) is 0 Å². The van der Waals surface area contributed by atoms with Gasteiger partial charge in [0.15, 0.2) is 0 Å². The summed E-state index contributed by atoms with van der Waals surface area (Å²) in [6, 6.07) is 5.06. The molecule has 0 aliphatic carbocycles. The van der Waals surface area contributed by atoms with E-state index in [1.54, 1.807) is 18.2 Å². The molecule has 1 aromatic heterocycles. The number of phenolic OH excluding ortho intramolecular Hbond substituents is 1. The lowest BCUT2D eigenvalue weighted by molar-refractivity contribution is 0.355. The maximum Gasteiger partial charge on any atom is 0.134 e. The predicted molar refractivity (Wildman–Crippen MR) is 77.7 cm³/mol. The van der Waals surface area contributed by atoms with Gasteiger partial charge in [0.05, 0.1) is 16.8 Å². The lowest BCUT2D eigenvalue weighted by Gasteiger charge is -2.18. The van der Waals surface area contributed by atoms with Crippen molar-refractivity contribution in [1.82, 2.24) is 9.78 Å². The highest BCUT2D eigenvalue weighted by Gasteiger charge is 2.13. The highest BCUT2D eigenvalue weighted by Crippen LogP contribution is 2.26. The first-order valence-electron chi connectivity index (χ1n) is 6.13. The smallest absolute Gasteiger partial charge is 0.134 e. The normalized spacial score (nSPS) is 11.6. The number of nitrogens with zero attached hydrogens (tertiary/aromatic N) is 2. The van der Waals surface area contributed by atoms with Gasteiger partial charge in [-0.2, -0.15) is 5.10 Å². The molecule has 0 amide bonds. The first-order chi connectivity index (χ1) is 8.86. The molecule has 0 spiro atoms. The van der Waals surface area contributed by atoms with Gasteiger partial charge >= 0.3 is 0 Å². The molecule has 2 N–H and O–H groups in total. The van der Waals surface area contributed by atoms with Crippen LogP contribution in [0, 0.1) is 0 Å². The van der Waals surface area contributed by atoms with Crippen LogP contribution in [0.1, 0.15) is 26.3 Å². The molecule has 0 saturated heterocycles. The van der Waals surface area contributed by atoms with Gasteiger partial charge in [0.1, 0.15) is 5.75 Å². The molecule has 0 unspecified atom stereocenters. The van der Waals surface area contributed by atoms with Crippen molar-refractivity contribution in [3.8, 4) is 5.75 Å². The minimum absolute atomic E-state index is 0.0138. The van der Waals surface area contributed by atoms with Gasteiger partial charge in [-0.3, -0.25) is 4.68 Å². The lowest BCUT2D eigenvalue weighted by atomic mass is 10.1. The van der Waals surface area contributed by atoms with Gasteiger partial charge in [0.25, 0.3) is 0 Å². The second-order valence-electron chi connectivity index (χ2n) is 5.48. The number of aromatic nitrogens is 2. The van der Waals surface area contributed by atoms with Gasteiger partial charge in [-0.1, -0.05) is 11.6 Å². The Kier molecular flexibility index (Phi) is 3.71. The summed E-state index contributed by atoms with van der Waals surface area (Å²) in [5, 5.41) is 17.3. The Morgan fingerprint density at radius 3 is 2.68 bits per heavy atom. The number of hydrogen-bond acceptors (Lipinski definition) is 3. The fourth-order valence-corrected chi connectivity index (χ4v) is 1.82. The van der Waals surface area contributed by atoms with Crippen LogP contribution in [-0.2, 0) is 12.1 Å². The molecule has 0 aliphatic heterocycles. The van der Waals surface area contributed by atoms with Crippen LogP contribution in [0.5, 0.6) is 5.75 Å². The van der Waals surface area contributed by atoms with E-state index in [-0.39, 0.29) is 11.3 Å². The van der Waals surface area contributed by atoms with E-state index in [0.717, 1.165) is 11.3 Å². The molecule has 1 heterocycles. The monoisotopic (exact) mass is 279 g/mol. The lowest BCUT2D eigenvalue weighted by Crippen LogP contribution is -2.21. The van der Waals surface area contributed by atoms with Crippen LogP contribution in [0.25, 0.3) is 0 Å². The van der Waals surface area contributed by atoms with Crippen molar-refractivity contribution in [3.63, 3.8) is 0 Å². The van der Waals surface area contributed by atoms with E-state index in [0.29, 0.717) is 11.6 Å². The highest BCUT2D eigenvalue weighted by molar-refractivity contribution is 6.32. The van der Waals surface area contributed by atoms with Crippen LogP contribution in [0.3, 0.4) is 0 Å². The third-order valence-corrected chi connectivity index (χ3v) is 3.07. The van der Waals surface area contributed by atoms with Gasteiger partial charge < -0.3 is 10.4 Å². The second-order valence-corrected chi connectivity index (χ2v) is 5.89. The van der Waals surface area contributed by atoms with E-state index in [2.05, 4.69) is 31.2 Å². The molecule has 0 saturated carbocycles. The van der Waals surface area contributed by atoms with Crippen molar-refractivity contribution in [2.24, 2.45) is 0 Å². The number of nitrogens with one attached hydrogen (secondary N) is 1. The van der Waals surface area contributed by atoms with Crippen molar-refractivity contribution < 1.29 is 5.11 Å². The minimum atomic E-state index is -0.0138. The summed E-state index contributed by atoms with van der Waals surface area (Å²) < 4.78 is 1.94. The predicted octanol–water partition coefficient (Wildman–Crippen LogP) is 3.61. The third-order valence-electron chi connectivity index (χ3n) is 2.77. The summed E-state index contributed by atoms with van der Waals surface area (Å²) in [6.45, 7) is 6.99. The first kappa shape index (κ1) is 13.7. The average Bonchev–Trinajstić information content (AvgIpc) is 2.79. The molecule has 19 heavy (non-hydrogen) atoms. The maximum absolute atomic E-state index is 9.35. The van der Waals surface area contributed by atoms with Crippen molar-refractivity contribution in [1.29, 1.82) is 0 Å². The van der Waals surface area contributed by atoms with Crippen molar-refractivity contribution in [2.75, 3.05) is 5.32 Å². The van der Waals surface area contributed by atoms with E-state index < -0.39 is 0 Å². The Bertz CT molecular complexity index is 572. The molecule has 0 radical (unpaired) electrons. The Balaban J connectivity index is 2.02.